The third kappa shape index (κ3) is 5.23. The molecule has 1 fully saturated rings. The Morgan fingerprint density at radius 1 is 1.12 bits per heavy atom. The van der Waals surface area contributed by atoms with Gasteiger partial charge in [0.2, 0.25) is 15.9 Å². The van der Waals surface area contributed by atoms with Crippen molar-refractivity contribution in [1.82, 2.24) is 9.62 Å². The third-order valence-corrected chi connectivity index (χ3v) is 7.75. The fourth-order valence-electron chi connectivity index (χ4n) is 3.83. The lowest BCUT2D eigenvalue weighted by atomic mass is 10.1. The van der Waals surface area contributed by atoms with E-state index in [1.807, 2.05) is 18.2 Å². The van der Waals surface area contributed by atoms with Crippen LogP contribution in [0.25, 0.3) is 6.08 Å². The Morgan fingerprint density at radius 2 is 1.91 bits per heavy atom. The van der Waals surface area contributed by atoms with Gasteiger partial charge in [0.05, 0.1) is 4.90 Å². The van der Waals surface area contributed by atoms with Crippen LogP contribution in [0.2, 0.25) is 5.02 Å². The summed E-state index contributed by atoms with van der Waals surface area (Å²) in [4.78, 5) is 12.6. The van der Waals surface area contributed by atoms with Crippen LogP contribution >= 0.6 is 11.6 Å². The molecule has 8 heteroatoms. The van der Waals surface area contributed by atoms with Crippen molar-refractivity contribution in [3.05, 3.63) is 76.3 Å². The molecule has 0 atom stereocenters. The molecule has 0 saturated carbocycles. The maximum atomic E-state index is 13.1. The van der Waals surface area contributed by atoms with Crippen LogP contribution in [0.5, 0.6) is 5.75 Å². The molecule has 168 valence electrons. The number of hydrogen-bond donors (Lipinski definition) is 1. The summed E-state index contributed by atoms with van der Waals surface area (Å²) >= 11 is 6.03. The summed E-state index contributed by atoms with van der Waals surface area (Å²) in [5.74, 6) is 0.440. The average molecular weight is 473 g/mol. The Labute approximate surface area is 193 Å². The number of nitrogens with one attached hydrogen (secondary N) is 1. The van der Waals surface area contributed by atoms with Crippen LogP contribution in [0.1, 0.15) is 30.4 Å². The highest BCUT2D eigenvalue weighted by Crippen LogP contribution is 2.29. The highest BCUT2D eigenvalue weighted by atomic mass is 35.5. The minimum atomic E-state index is -3.57. The zero-order valence-electron chi connectivity index (χ0n) is 17.6. The van der Waals surface area contributed by atoms with Crippen LogP contribution in [-0.4, -0.2) is 38.3 Å². The van der Waals surface area contributed by atoms with Crippen LogP contribution in [0.4, 0.5) is 0 Å². The van der Waals surface area contributed by atoms with Crippen LogP contribution in [0.3, 0.4) is 0 Å². The number of ether oxygens (including phenoxy) is 1. The molecule has 2 aromatic carbocycles. The predicted molar refractivity (Wildman–Crippen MR) is 125 cm³/mol. The first-order valence-electron chi connectivity index (χ1n) is 10.6. The van der Waals surface area contributed by atoms with E-state index in [0.717, 1.165) is 36.1 Å². The smallest absolute Gasteiger partial charge is 0.244 e. The van der Waals surface area contributed by atoms with E-state index in [4.69, 9.17) is 16.3 Å². The van der Waals surface area contributed by atoms with Crippen molar-refractivity contribution >= 4 is 33.6 Å². The molecule has 0 spiro atoms. The maximum absolute atomic E-state index is 13.1. The maximum Gasteiger partial charge on any atom is 0.244 e. The molecule has 4 rings (SSSR count). The fraction of sp³-hybridized carbons (Fsp3) is 0.292. The second-order valence-electron chi connectivity index (χ2n) is 7.81. The van der Waals surface area contributed by atoms with Gasteiger partial charge < -0.3 is 10.1 Å². The van der Waals surface area contributed by atoms with E-state index in [9.17, 15) is 13.2 Å². The number of sulfonamides is 1. The number of hydrogen-bond acceptors (Lipinski definition) is 4. The van der Waals surface area contributed by atoms with Gasteiger partial charge in [0, 0.05) is 36.3 Å². The first kappa shape index (κ1) is 22.6. The topological polar surface area (TPSA) is 75.7 Å². The van der Waals surface area contributed by atoms with Gasteiger partial charge >= 0.3 is 0 Å². The largest absolute Gasteiger partial charge is 0.488 e. The molecular weight excluding hydrogens is 448 g/mol. The van der Waals surface area contributed by atoms with E-state index in [-0.39, 0.29) is 17.3 Å². The molecule has 0 bridgehead atoms. The first-order chi connectivity index (χ1) is 15.4. The fourth-order valence-corrected chi connectivity index (χ4v) is 5.75. The van der Waals surface area contributed by atoms with Gasteiger partial charge in [0.1, 0.15) is 12.4 Å². The highest BCUT2D eigenvalue weighted by molar-refractivity contribution is 7.89. The van der Waals surface area contributed by atoms with Gasteiger partial charge in [0.15, 0.2) is 0 Å². The minimum Gasteiger partial charge on any atom is -0.488 e. The SMILES string of the molecule is O=C(/C=C/C1=Cc2cc(Cl)ccc2OC1)NCc1ccccc1S(=O)(=O)N1CCCCC1. The first-order valence-corrected chi connectivity index (χ1v) is 12.4. The third-order valence-electron chi connectivity index (χ3n) is 5.51. The number of amides is 1. The Hall–Kier alpha value is -2.61. The van der Waals surface area contributed by atoms with Crippen LogP contribution < -0.4 is 10.1 Å². The van der Waals surface area contributed by atoms with Gasteiger partial charge in [-0.15, -0.1) is 0 Å². The molecule has 1 N–H and O–H groups in total. The molecule has 0 unspecified atom stereocenters. The zero-order valence-corrected chi connectivity index (χ0v) is 19.2. The van der Waals surface area contributed by atoms with Crippen LogP contribution in [-0.2, 0) is 21.4 Å². The van der Waals surface area contributed by atoms with E-state index >= 15 is 0 Å². The van der Waals surface area contributed by atoms with E-state index < -0.39 is 10.0 Å². The number of piperidine rings is 1. The van der Waals surface area contributed by atoms with Crippen molar-refractivity contribution in [2.75, 3.05) is 19.7 Å². The molecule has 32 heavy (non-hydrogen) atoms. The number of rotatable bonds is 6. The molecule has 0 aromatic heterocycles. The van der Waals surface area contributed by atoms with Crippen molar-refractivity contribution in [2.24, 2.45) is 0 Å². The number of carbonyl (C=O) groups excluding carboxylic acids is 1. The summed E-state index contributed by atoms with van der Waals surface area (Å²) in [5.41, 5.74) is 2.27. The summed E-state index contributed by atoms with van der Waals surface area (Å²) in [5, 5.41) is 3.40. The predicted octanol–water partition coefficient (Wildman–Crippen LogP) is 4.16. The molecule has 6 nitrogen and oxygen atoms in total. The van der Waals surface area contributed by atoms with E-state index in [0.29, 0.717) is 30.3 Å². The Kier molecular flexibility index (Phi) is 6.98. The summed E-state index contributed by atoms with van der Waals surface area (Å²) in [7, 11) is -3.57. The van der Waals surface area contributed by atoms with Gasteiger partial charge in [-0.1, -0.05) is 42.3 Å². The summed E-state index contributed by atoms with van der Waals surface area (Å²) < 4.78 is 33.4. The number of benzene rings is 2. The Morgan fingerprint density at radius 3 is 2.72 bits per heavy atom. The van der Waals surface area contributed by atoms with Crippen LogP contribution in [0, 0.1) is 0 Å². The lowest BCUT2D eigenvalue weighted by Crippen LogP contribution is -2.36. The molecule has 2 heterocycles. The molecular formula is C24H25ClN2O4S. The second kappa shape index (κ2) is 9.90. The quantitative estimate of drug-likeness (QED) is 0.640. The van der Waals surface area contributed by atoms with Gasteiger partial charge in [-0.2, -0.15) is 4.31 Å². The van der Waals surface area contributed by atoms with E-state index in [1.54, 1.807) is 36.4 Å². The average Bonchev–Trinajstić information content (AvgIpc) is 2.81. The monoisotopic (exact) mass is 472 g/mol. The van der Waals surface area contributed by atoms with E-state index in [1.165, 1.54) is 10.4 Å². The number of nitrogens with zero attached hydrogens (tertiary/aromatic N) is 1. The van der Waals surface area contributed by atoms with Crippen molar-refractivity contribution in [3.8, 4) is 5.75 Å². The van der Waals surface area contributed by atoms with Crippen molar-refractivity contribution < 1.29 is 17.9 Å². The number of halogens is 1. The van der Waals surface area contributed by atoms with Gasteiger partial charge in [0.25, 0.3) is 0 Å². The molecule has 2 aromatic rings. The highest BCUT2D eigenvalue weighted by Gasteiger charge is 2.27. The zero-order chi connectivity index (χ0) is 22.6. The molecule has 1 saturated heterocycles. The second-order valence-corrected chi connectivity index (χ2v) is 10.2. The Balaban J connectivity index is 1.42. The van der Waals surface area contributed by atoms with E-state index in [2.05, 4.69) is 5.32 Å². The summed E-state index contributed by atoms with van der Waals surface area (Å²) in [6.07, 6.45) is 7.84. The normalized spacial score (nSPS) is 16.8. The number of fused-ring (bicyclic) bond motifs is 1. The van der Waals surface area contributed by atoms with Crippen LogP contribution in [0.15, 0.2) is 65.1 Å². The van der Waals surface area contributed by atoms with Crippen molar-refractivity contribution in [3.63, 3.8) is 0 Å². The molecule has 2 aliphatic rings. The van der Waals surface area contributed by atoms with Gasteiger partial charge in [-0.3, -0.25) is 4.79 Å². The van der Waals surface area contributed by atoms with Crippen molar-refractivity contribution in [1.29, 1.82) is 0 Å². The van der Waals surface area contributed by atoms with Gasteiger partial charge in [-0.05, 0) is 54.3 Å². The minimum absolute atomic E-state index is 0.125. The van der Waals surface area contributed by atoms with Crippen molar-refractivity contribution in [2.45, 2.75) is 30.7 Å². The Bertz CT molecular complexity index is 1170. The summed E-state index contributed by atoms with van der Waals surface area (Å²) in [6, 6.07) is 12.2. The van der Waals surface area contributed by atoms with Gasteiger partial charge in [-0.25, -0.2) is 8.42 Å². The molecule has 0 radical (unpaired) electrons. The standard InChI is InChI=1S/C24H25ClN2O4S/c25-21-9-10-22-20(15-21)14-18(17-31-22)8-11-24(28)26-16-19-6-2-3-7-23(19)32(29,30)27-12-4-1-5-13-27/h2-3,6-11,14-15H,1,4-5,12-13,16-17H2,(H,26,28)/b11-8+. The molecule has 0 aliphatic carbocycles. The molecule has 1 amide bonds. The summed E-state index contributed by atoms with van der Waals surface area (Å²) in [6.45, 7) is 1.56. The lowest BCUT2D eigenvalue weighted by Gasteiger charge is -2.26. The number of carbonyl (C=O) groups is 1. The lowest BCUT2D eigenvalue weighted by molar-refractivity contribution is -0.116. The molecule has 2 aliphatic heterocycles.